The number of nitrogens with zero attached hydrogens (tertiary/aromatic N) is 1. The van der Waals surface area contributed by atoms with Gasteiger partial charge in [0.1, 0.15) is 0 Å². The summed E-state index contributed by atoms with van der Waals surface area (Å²) in [7, 11) is -1.57. The molecule has 0 bridgehead atoms. The highest BCUT2D eigenvalue weighted by atomic mass is 32.2. The molecule has 1 fully saturated rings. The summed E-state index contributed by atoms with van der Waals surface area (Å²) in [4.78, 5) is 12.2. The van der Waals surface area contributed by atoms with E-state index in [2.05, 4.69) is 12.2 Å². The third-order valence-electron chi connectivity index (χ3n) is 4.64. The fourth-order valence-corrected chi connectivity index (χ4v) is 3.86. The number of piperidine rings is 1. The van der Waals surface area contributed by atoms with Gasteiger partial charge >= 0.3 is 0 Å². The van der Waals surface area contributed by atoms with E-state index in [1.807, 2.05) is 18.2 Å². The molecule has 2 rings (SSSR count). The largest absolute Gasteiger partial charge is 0.493 e. The van der Waals surface area contributed by atoms with Crippen LogP contribution in [-0.2, 0) is 14.8 Å². The van der Waals surface area contributed by atoms with Crippen LogP contribution in [0.1, 0.15) is 38.2 Å². The molecule has 1 aromatic rings. The standard InChI is InChI=1S/C20H30N2O5S/c1-4-5-14-27-18-8-6-16(15-19(18)26-2)7-9-20(23)21-17-10-12-22(13-11-17)28(3,24)25/h6-9,15,17H,4-5,10-14H2,1-3H3,(H,21,23)/b9-7+. The fraction of sp³-hybridized carbons (Fsp3) is 0.550. The lowest BCUT2D eigenvalue weighted by atomic mass is 10.1. The molecule has 0 saturated carbocycles. The summed E-state index contributed by atoms with van der Waals surface area (Å²) >= 11 is 0. The van der Waals surface area contributed by atoms with E-state index >= 15 is 0 Å². The molecule has 1 aliphatic rings. The Bertz CT molecular complexity index is 784. The molecule has 0 radical (unpaired) electrons. The Balaban J connectivity index is 1.88. The van der Waals surface area contributed by atoms with Crippen LogP contribution in [0, 0.1) is 0 Å². The van der Waals surface area contributed by atoms with E-state index in [0.29, 0.717) is 44.0 Å². The van der Waals surface area contributed by atoms with E-state index in [1.165, 1.54) is 16.6 Å². The van der Waals surface area contributed by atoms with Gasteiger partial charge in [0, 0.05) is 25.2 Å². The third-order valence-corrected chi connectivity index (χ3v) is 5.94. The minimum absolute atomic E-state index is 0.0148. The lowest BCUT2D eigenvalue weighted by Gasteiger charge is -2.30. The highest BCUT2D eigenvalue weighted by molar-refractivity contribution is 7.88. The van der Waals surface area contributed by atoms with Gasteiger partial charge in [-0.2, -0.15) is 0 Å². The highest BCUT2D eigenvalue weighted by Crippen LogP contribution is 2.28. The number of sulfonamides is 1. The van der Waals surface area contributed by atoms with E-state index in [9.17, 15) is 13.2 Å². The maximum atomic E-state index is 12.2. The van der Waals surface area contributed by atoms with Crippen molar-refractivity contribution in [1.29, 1.82) is 0 Å². The molecule has 0 spiro atoms. The molecule has 0 aromatic heterocycles. The summed E-state index contributed by atoms with van der Waals surface area (Å²) in [5, 5.41) is 2.93. The second-order valence-electron chi connectivity index (χ2n) is 6.89. The van der Waals surface area contributed by atoms with E-state index in [0.717, 1.165) is 18.4 Å². The lowest BCUT2D eigenvalue weighted by Crippen LogP contribution is -2.45. The molecule has 0 unspecified atom stereocenters. The number of rotatable bonds is 9. The average molecular weight is 411 g/mol. The number of benzene rings is 1. The summed E-state index contributed by atoms with van der Waals surface area (Å²) in [6.45, 7) is 3.62. The van der Waals surface area contributed by atoms with Gasteiger partial charge in [-0.05, 0) is 43.0 Å². The van der Waals surface area contributed by atoms with E-state index in [4.69, 9.17) is 9.47 Å². The second kappa shape index (κ2) is 10.5. The van der Waals surface area contributed by atoms with Crippen molar-refractivity contribution in [2.24, 2.45) is 0 Å². The van der Waals surface area contributed by atoms with Crippen molar-refractivity contribution >= 4 is 22.0 Å². The number of methoxy groups -OCH3 is 1. The molecule has 1 amide bonds. The first-order valence-electron chi connectivity index (χ1n) is 9.58. The van der Waals surface area contributed by atoms with Crippen molar-refractivity contribution in [3.63, 3.8) is 0 Å². The molecule has 1 aromatic carbocycles. The number of ether oxygens (including phenoxy) is 2. The maximum absolute atomic E-state index is 12.2. The van der Waals surface area contributed by atoms with E-state index in [1.54, 1.807) is 13.2 Å². The monoisotopic (exact) mass is 410 g/mol. The zero-order valence-electron chi connectivity index (χ0n) is 16.8. The Hall–Kier alpha value is -2.06. The summed E-state index contributed by atoms with van der Waals surface area (Å²) in [5.41, 5.74) is 0.835. The summed E-state index contributed by atoms with van der Waals surface area (Å²) in [5.74, 6) is 1.13. The van der Waals surface area contributed by atoms with Crippen LogP contribution in [0.5, 0.6) is 11.5 Å². The zero-order chi connectivity index (χ0) is 20.6. The SMILES string of the molecule is CCCCOc1ccc(/C=C/C(=O)NC2CCN(S(C)(=O)=O)CC2)cc1OC. The first kappa shape index (κ1) is 22.2. The van der Waals surface area contributed by atoms with Crippen molar-refractivity contribution in [3.05, 3.63) is 29.8 Å². The number of amides is 1. The van der Waals surface area contributed by atoms with Gasteiger partial charge in [-0.1, -0.05) is 19.4 Å². The Morgan fingerprint density at radius 3 is 2.61 bits per heavy atom. The Kier molecular flexibility index (Phi) is 8.32. The molecule has 156 valence electrons. The van der Waals surface area contributed by atoms with Crippen LogP contribution in [0.15, 0.2) is 24.3 Å². The molecular weight excluding hydrogens is 380 g/mol. The number of carbonyl (C=O) groups is 1. The van der Waals surface area contributed by atoms with Crippen LogP contribution in [0.25, 0.3) is 6.08 Å². The molecule has 1 heterocycles. The van der Waals surface area contributed by atoms with Gasteiger partial charge in [0.05, 0.1) is 20.0 Å². The van der Waals surface area contributed by atoms with Crippen molar-refractivity contribution in [2.45, 2.75) is 38.6 Å². The second-order valence-corrected chi connectivity index (χ2v) is 8.87. The van der Waals surface area contributed by atoms with Crippen LogP contribution in [0.2, 0.25) is 0 Å². The molecule has 1 N–H and O–H groups in total. The lowest BCUT2D eigenvalue weighted by molar-refractivity contribution is -0.117. The molecule has 7 nitrogen and oxygen atoms in total. The first-order chi connectivity index (χ1) is 13.3. The van der Waals surface area contributed by atoms with Crippen molar-refractivity contribution < 1.29 is 22.7 Å². The maximum Gasteiger partial charge on any atom is 0.244 e. The molecule has 0 aliphatic carbocycles. The number of unbranched alkanes of at least 4 members (excludes halogenated alkanes) is 1. The molecule has 0 atom stereocenters. The van der Waals surface area contributed by atoms with Gasteiger partial charge in [-0.25, -0.2) is 12.7 Å². The molecule has 28 heavy (non-hydrogen) atoms. The van der Waals surface area contributed by atoms with Crippen LogP contribution in [0.4, 0.5) is 0 Å². The summed E-state index contributed by atoms with van der Waals surface area (Å²) in [6.07, 6.45) is 7.69. The molecule has 1 saturated heterocycles. The number of hydrogen-bond donors (Lipinski definition) is 1. The van der Waals surface area contributed by atoms with Crippen molar-refractivity contribution in [2.75, 3.05) is 33.1 Å². The van der Waals surface area contributed by atoms with E-state index in [-0.39, 0.29) is 11.9 Å². The summed E-state index contributed by atoms with van der Waals surface area (Å²) < 4.78 is 35.6. The van der Waals surface area contributed by atoms with Gasteiger partial charge in [-0.15, -0.1) is 0 Å². The average Bonchev–Trinajstić information content (AvgIpc) is 2.67. The number of nitrogens with one attached hydrogen (secondary N) is 1. The highest BCUT2D eigenvalue weighted by Gasteiger charge is 2.25. The predicted molar refractivity (Wildman–Crippen MR) is 110 cm³/mol. The molecular formula is C20H30N2O5S. The molecule has 8 heteroatoms. The van der Waals surface area contributed by atoms with Gasteiger partial charge in [0.25, 0.3) is 0 Å². The van der Waals surface area contributed by atoms with Gasteiger partial charge in [-0.3, -0.25) is 4.79 Å². The zero-order valence-corrected chi connectivity index (χ0v) is 17.6. The quantitative estimate of drug-likeness (QED) is 0.499. The van der Waals surface area contributed by atoms with Gasteiger partial charge in [0.2, 0.25) is 15.9 Å². The molecule has 1 aliphatic heterocycles. The van der Waals surface area contributed by atoms with Crippen molar-refractivity contribution in [1.82, 2.24) is 9.62 Å². The summed E-state index contributed by atoms with van der Waals surface area (Å²) in [6, 6.07) is 5.53. The van der Waals surface area contributed by atoms with Crippen molar-refractivity contribution in [3.8, 4) is 11.5 Å². The first-order valence-corrected chi connectivity index (χ1v) is 11.4. The van der Waals surface area contributed by atoms with Crippen LogP contribution >= 0.6 is 0 Å². The van der Waals surface area contributed by atoms with E-state index < -0.39 is 10.0 Å². The third kappa shape index (κ3) is 6.83. The minimum atomic E-state index is -3.16. The Morgan fingerprint density at radius 2 is 2.00 bits per heavy atom. The Labute approximate surface area is 167 Å². The topological polar surface area (TPSA) is 84.9 Å². The fourth-order valence-electron chi connectivity index (χ4n) is 2.99. The normalized spacial score (nSPS) is 16.2. The van der Waals surface area contributed by atoms with Crippen LogP contribution in [-0.4, -0.2) is 57.7 Å². The Morgan fingerprint density at radius 1 is 1.29 bits per heavy atom. The minimum Gasteiger partial charge on any atom is -0.493 e. The number of hydrogen-bond acceptors (Lipinski definition) is 5. The van der Waals surface area contributed by atoms with Gasteiger partial charge < -0.3 is 14.8 Å². The predicted octanol–water partition coefficient (Wildman–Crippen LogP) is 2.43. The smallest absolute Gasteiger partial charge is 0.244 e. The van der Waals surface area contributed by atoms with Crippen LogP contribution < -0.4 is 14.8 Å². The van der Waals surface area contributed by atoms with Gasteiger partial charge in [0.15, 0.2) is 11.5 Å². The number of carbonyl (C=O) groups excluding carboxylic acids is 1. The van der Waals surface area contributed by atoms with Crippen LogP contribution in [0.3, 0.4) is 0 Å².